The fraction of sp³-hybridized carbons (Fsp3) is 0.409. The summed E-state index contributed by atoms with van der Waals surface area (Å²) in [5.41, 5.74) is 15.2. The Bertz CT molecular complexity index is 2830. The first-order valence-corrected chi connectivity index (χ1v) is 22.3. The van der Waals surface area contributed by atoms with Gasteiger partial charge in [-0.15, -0.1) is 11.3 Å². The van der Waals surface area contributed by atoms with Crippen molar-refractivity contribution in [2.75, 3.05) is 63.7 Å². The molecule has 0 bridgehead atoms. The van der Waals surface area contributed by atoms with E-state index in [1.165, 1.54) is 24.5 Å². The molecule has 2 aromatic carbocycles. The number of amides is 4. The van der Waals surface area contributed by atoms with Gasteiger partial charge in [0.15, 0.2) is 0 Å². The number of aromatic nitrogens is 7. The van der Waals surface area contributed by atoms with E-state index in [9.17, 15) is 19.2 Å². The Balaban J connectivity index is 1.11. The molecule has 0 saturated carbocycles. The summed E-state index contributed by atoms with van der Waals surface area (Å²) in [6.45, 7) is 13.5. The summed E-state index contributed by atoms with van der Waals surface area (Å²) < 4.78 is 23.4. The molecule has 2 saturated heterocycles. The third kappa shape index (κ3) is 9.30. The number of morpholine rings is 1. The van der Waals surface area contributed by atoms with E-state index in [0.717, 1.165) is 37.7 Å². The topological polar surface area (TPSA) is 254 Å². The van der Waals surface area contributed by atoms with E-state index in [4.69, 9.17) is 35.6 Å². The van der Waals surface area contributed by atoms with Crippen molar-refractivity contribution in [2.24, 2.45) is 11.5 Å². The van der Waals surface area contributed by atoms with Crippen molar-refractivity contribution in [3.8, 4) is 11.5 Å². The molecular weight excluding hydrogens is 855 g/mol. The minimum Gasteiger partial charge on any atom is -0.494 e. The summed E-state index contributed by atoms with van der Waals surface area (Å²) >= 11 is 1.32. The quantitative estimate of drug-likeness (QED) is 0.0611. The summed E-state index contributed by atoms with van der Waals surface area (Å²) in [7, 11) is 1.47. The molecule has 2 fully saturated rings. The summed E-state index contributed by atoms with van der Waals surface area (Å²) in [4.78, 5) is 69.3. The Kier molecular flexibility index (Phi) is 13.0. The second kappa shape index (κ2) is 18.8. The van der Waals surface area contributed by atoms with Gasteiger partial charge in [0, 0.05) is 63.5 Å². The molecule has 2 aliphatic heterocycles. The Morgan fingerprint density at radius 3 is 2.09 bits per heavy atom. The van der Waals surface area contributed by atoms with Crippen LogP contribution in [0, 0.1) is 13.8 Å². The van der Waals surface area contributed by atoms with E-state index in [0.29, 0.717) is 88.1 Å². The third-order valence-electron chi connectivity index (χ3n) is 11.4. The zero-order valence-corrected chi connectivity index (χ0v) is 37.8. The van der Waals surface area contributed by atoms with Crippen LogP contribution in [0.1, 0.15) is 77.5 Å². The highest BCUT2D eigenvalue weighted by Crippen LogP contribution is 2.34. The molecule has 4 aromatic heterocycles. The largest absolute Gasteiger partial charge is 0.494 e. The average molecular weight is 908 g/mol. The lowest BCUT2D eigenvalue weighted by atomic mass is 9.92. The van der Waals surface area contributed by atoms with E-state index in [1.54, 1.807) is 45.0 Å². The van der Waals surface area contributed by atoms with Crippen LogP contribution in [-0.4, -0.2) is 121 Å². The molecular formula is C44H53N13O7S. The number of imidazole rings is 2. The van der Waals surface area contributed by atoms with Gasteiger partial charge in [-0.1, -0.05) is 19.1 Å². The Labute approximate surface area is 378 Å². The number of nitrogens with one attached hydrogen (secondary N) is 3. The zero-order chi connectivity index (χ0) is 46.0. The number of carbonyl (C=O) groups excluding carboxylic acids is 4. The number of nitrogens with two attached hydrogens (primary N) is 2. The number of nitrogens with zero attached hydrogens (tertiary/aromatic N) is 8. The molecule has 21 heteroatoms. The maximum atomic E-state index is 13.9. The predicted octanol–water partition coefficient (Wildman–Crippen LogP) is 3.65. The summed E-state index contributed by atoms with van der Waals surface area (Å²) in [6, 6.07) is 7.94. The normalized spacial score (nSPS) is 14.9. The first-order valence-electron chi connectivity index (χ1n) is 21.5. The van der Waals surface area contributed by atoms with Crippen LogP contribution in [0.4, 0.5) is 11.9 Å². The standard InChI is InChI=1S/C44H53N13O7S/c1-6-34-48-26(4)37(65-34)41(61)52-43-50-30-19-28(39(46)59)21-33(63-15-10-12-54-23-44(24-54)22-47-11-16-64-44)36(30)56(43)14-9-8-13-55-35-29(18-27(38(45)58)20-32(35)62-5)49-42(55)51-40(60)31-17-25(3)53-57(31)7-2/h8-9,17-21,47H,6-7,10-16,22-24H2,1-5H3,(H2,45,58)(H2,46,59)(H,49,51,60)(H,50,52,61)/b9-8+. The van der Waals surface area contributed by atoms with Crippen molar-refractivity contribution in [3.05, 3.63) is 80.6 Å². The number of aryl methyl sites for hydroxylation is 4. The van der Waals surface area contributed by atoms with Gasteiger partial charge in [0.2, 0.25) is 23.7 Å². The Morgan fingerprint density at radius 1 is 0.892 bits per heavy atom. The molecule has 20 nitrogen and oxygen atoms in total. The molecule has 0 radical (unpaired) electrons. The van der Waals surface area contributed by atoms with E-state index in [2.05, 4.69) is 30.9 Å². The van der Waals surface area contributed by atoms with Gasteiger partial charge in [-0.2, -0.15) is 5.10 Å². The number of anilines is 2. The van der Waals surface area contributed by atoms with E-state index in [-0.39, 0.29) is 47.6 Å². The van der Waals surface area contributed by atoms with Gasteiger partial charge in [0.1, 0.15) is 38.7 Å². The molecule has 2 aliphatic rings. The van der Waals surface area contributed by atoms with Crippen molar-refractivity contribution < 1.29 is 33.4 Å². The van der Waals surface area contributed by atoms with Crippen LogP contribution < -0.4 is 36.9 Å². The molecule has 8 rings (SSSR count). The maximum Gasteiger partial charge on any atom is 0.276 e. The number of thiazole rings is 1. The van der Waals surface area contributed by atoms with Crippen LogP contribution in [0.3, 0.4) is 0 Å². The van der Waals surface area contributed by atoms with Crippen molar-refractivity contribution in [3.63, 3.8) is 0 Å². The van der Waals surface area contributed by atoms with E-state index in [1.807, 2.05) is 32.9 Å². The number of fused-ring (bicyclic) bond motifs is 2. The van der Waals surface area contributed by atoms with Gasteiger partial charge in [0.25, 0.3) is 11.8 Å². The minimum absolute atomic E-state index is 0.128. The molecule has 6 aromatic rings. The average Bonchev–Trinajstić information content (AvgIpc) is 4.05. The van der Waals surface area contributed by atoms with Crippen LogP contribution in [0.15, 0.2) is 42.5 Å². The van der Waals surface area contributed by atoms with Crippen LogP contribution in [0.25, 0.3) is 22.1 Å². The van der Waals surface area contributed by atoms with E-state index < -0.39 is 17.7 Å². The molecule has 6 heterocycles. The molecule has 65 heavy (non-hydrogen) atoms. The van der Waals surface area contributed by atoms with Gasteiger partial charge in [0.05, 0.1) is 47.8 Å². The number of ether oxygens (including phenoxy) is 3. The fourth-order valence-electron chi connectivity index (χ4n) is 8.33. The second-order valence-electron chi connectivity index (χ2n) is 16.1. The van der Waals surface area contributed by atoms with Gasteiger partial charge >= 0.3 is 0 Å². The van der Waals surface area contributed by atoms with Gasteiger partial charge in [-0.25, -0.2) is 15.0 Å². The smallest absolute Gasteiger partial charge is 0.276 e. The number of benzene rings is 2. The fourth-order valence-corrected chi connectivity index (χ4v) is 9.23. The summed E-state index contributed by atoms with van der Waals surface area (Å²) in [5, 5.41) is 14.6. The predicted molar refractivity (Wildman–Crippen MR) is 245 cm³/mol. The molecule has 342 valence electrons. The van der Waals surface area contributed by atoms with Crippen molar-refractivity contribution in [1.82, 2.24) is 44.1 Å². The first-order chi connectivity index (χ1) is 31.3. The Morgan fingerprint density at radius 2 is 1.52 bits per heavy atom. The summed E-state index contributed by atoms with van der Waals surface area (Å²) in [5.74, 6) is -1.03. The highest BCUT2D eigenvalue weighted by atomic mass is 32.1. The SMILES string of the molecule is CCc1nc(C)c(C(=O)Nc2nc3cc(C(N)=O)cc(OCCCN4CC5(CNCCO5)C4)c3n2C/C=C/Cn2c(NC(=O)c3cc(C)nn3CC)nc3cc(C(N)=O)cc(OC)c32)s1. The van der Waals surface area contributed by atoms with Crippen LogP contribution in [0.2, 0.25) is 0 Å². The highest BCUT2D eigenvalue weighted by molar-refractivity contribution is 7.13. The highest BCUT2D eigenvalue weighted by Gasteiger charge is 2.44. The number of likely N-dealkylation sites (tertiary alicyclic amines) is 1. The number of hydrogen-bond donors (Lipinski definition) is 5. The minimum atomic E-state index is -0.665. The lowest BCUT2D eigenvalue weighted by Gasteiger charge is -2.51. The maximum absolute atomic E-state index is 13.9. The molecule has 4 amide bonds. The van der Waals surface area contributed by atoms with Gasteiger partial charge in [-0.05, 0) is 63.9 Å². The molecule has 0 aliphatic carbocycles. The number of rotatable bonds is 18. The number of methoxy groups -OCH3 is 1. The second-order valence-corrected chi connectivity index (χ2v) is 17.2. The van der Waals surface area contributed by atoms with Gasteiger partial charge < -0.3 is 40.1 Å². The van der Waals surface area contributed by atoms with E-state index >= 15 is 0 Å². The number of allylic oxidation sites excluding steroid dienone is 2. The Hall–Kier alpha value is -6.68. The van der Waals surface area contributed by atoms with Crippen molar-refractivity contribution in [1.29, 1.82) is 0 Å². The van der Waals surface area contributed by atoms with Crippen molar-refractivity contribution in [2.45, 2.75) is 65.8 Å². The third-order valence-corrected chi connectivity index (χ3v) is 12.7. The lowest BCUT2D eigenvalue weighted by molar-refractivity contribution is -0.156. The number of carbonyl (C=O) groups is 4. The number of primary amides is 2. The molecule has 1 spiro atoms. The zero-order valence-electron chi connectivity index (χ0n) is 37.0. The van der Waals surface area contributed by atoms with Crippen molar-refractivity contribution >= 4 is 68.9 Å². The first kappa shape index (κ1) is 44.9. The summed E-state index contributed by atoms with van der Waals surface area (Å²) in [6.07, 6.45) is 5.12. The lowest BCUT2D eigenvalue weighted by Crippen LogP contribution is -2.69. The molecule has 0 atom stereocenters. The number of hydrogen-bond acceptors (Lipinski definition) is 14. The molecule has 0 unspecified atom stereocenters. The monoisotopic (exact) mass is 907 g/mol. The van der Waals surface area contributed by atoms with Crippen LogP contribution >= 0.6 is 11.3 Å². The van der Waals surface area contributed by atoms with Crippen LogP contribution in [0.5, 0.6) is 11.5 Å². The molecule has 7 N–H and O–H groups in total. The van der Waals surface area contributed by atoms with Crippen LogP contribution in [-0.2, 0) is 30.8 Å². The van der Waals surface area contributed by atoms with Gasteiger partial charge in [-0.3, -0.25) is 39.4 Å².